The zero-order chi connectivity index (χ0) is 23.8. The molecule has 0 spiro atoms. The van der Waals surface area contributed by atoms with Crippen molar-refractivity contribution in [2.24, 2.45) is 0 Å². The monoisotopic (exact) mass is 448 g/mol. The minimum Gasteiger partial charge on any atom is -0.496 e. The zero-order valence-electron chi connectivity index (χ0n) is 20.4. The average molecular weight is 449 g/mol. The van der Waals surface area contributed by atoms with E-state index in [0.29, 0.717) is 32.5 Å². The highest BCUT2D eigenvalue weighted by molar-refractivity contribution is 5.89. The summed E-state index contributed by atoms with van der Waals surface area (Å²) in [4.78, 5) is 34.1. The first-order valence-electron chi connectivity index (χ1n) is 11.7. The lowest BCUT2D eigenvalue weighted by Gasteiger charge is -2.26. The molecule has 0 aromatic heterocycles. The van der Waals surface area contributed by atoms with Gasteiger partial charge in [-0.15, -0.1) is 0 Å². The van der Waals surface area contributed by atoms with Gasteiger partial charge in [0, 0.05) is 18.4 Å². The fourth-order valence-corrected chi connectivity index (χ4v) is 3.32. The minimum absolute atomic E-state index is 0.118. The highest BCUT2D eigenvalue weighted by Crippen LogP contribution is 2.33. The van der Waals surface area contributed by atoms with Crippen molar-refractivity contribution in [1.29, 1.82) is 0 Å². The molecule has 0 atom stereocenters. The molecular formula is C26H40O6. The van der Waals surface area contributed by atoms with Gasteiger partial charge in [-0.3, -0.25) is 9.59 Å². The second kappa shape index (κ2) is 15.6. The molecule has 32 heavy (non-hydrogen) atoms. The van der Waals surface area contributed by atoms with E-state index in [1.165, 1.54) is 0 Å². The van der Waals surface area contributed by atoms with Crippen molar-refractivity contribution >= 4 is 11.8 Å². The molecule has 0 fully saturated rings. The van der Waals surface area contributed by atoms with Gasteiger partial charge in [0.25, 0.3) is 0 Å². The van der Waals surface area contributed by atoms with Crippen molar-refractivity contribution < 1.29 is 28.8 Å². The molecule has 0 heterocycles. The van der Waals surface area contributed by atoms with Gasteiger partial charge < -0.3 is 9.47 Å². The topological polar surface area (TPSA) is 71.1 Å². The van der Waals surface area contributed by atoms with Crippen molar-refractivity contribution in [2.75, 3.05) is 20.3 Å². The number of rotatable bonds is 17. The Balaban J connectivity index is 2.37. The molecule has 0 bridgehead atoms. The lowest BCUT2D eigenvalue weighted by atomic mass is 9.94. The molecular weight excluding hydrogens is 408 g/mol. The number of aryl methyl sites for hydroxylation is 1. The van der Waals surface area contributed by atoms with E-state index in [2.05, 4.69) is 0 Å². The Labute approximate surface area is 193 Å². The Bertz CT molecular complexity index is 723. The Kier molecular flexibility index (Phi) is 13.6. The van der Waals surface area contributed by atoms with Crippen molar-refractivity contribution in [1.82, 2.24) is 0 Å². The normalized spacial score (nSPS) is 11.7. The predicted molar refractivity (Wildman–Crippen MR) is 126 cm³/mol. The third-order valence-corrected chi connectivity index (χ3v) is 5.07. The zero-order valence-corrected chi connectivity index (χ0v) is 20.4. The van der Waals surface area contributed by atoms with Gasteiger partial charge in [0.15, 0.2) is 5.78 Å². The van der Waals surface area contributed by atoms with Crippen LogP contribution in [0, 0.1) is 0 Å². The van der Waals surface area contributed by atoms with Crippen molar-refractivity contribution in [3.8, 4) is 5.75 Å². The van der Waals surface area contributed by atoms with E-state index in [1.807, 2.05) is 52.0 Å². The maximum atomic E-state index is 12.2. The fraction of sp³-hybridized carbons (Fsp3) is 0.615. The molecule has 6 nitrogen and oxygen atoms in total. The van der Waals surface area contributed by atoms with Gasteiger partial charge >= 0.3 is 5.97 Å². The van der Waals surface area contributed by atoms with Crippen molar-refractivity contribution in [3.05, 3.63) is 41.5 Å². The number of ether oxygens (including phenoxy) is 2. The third-order valence-electron chi connectivity index (χ3n) is 5.07. The molecule has 1 rings (SSSR count). The summed E-state index contributed by atoms with van der Waals surface area (Å²) >= 11 is 0. The molecule has 0 radical (unpaired) electrons. The lowest BCUT2D eigenvalue weighted by molar-refractivity contribution is -0.355. The SMILES string of the molecule is CCOOC(C)(C)c1ccc(CCC(=O)C=CCCCCCCC(=O)OCC)cc1OC. The van der Waals surface area contributed by atoms with E-state index in [1.54, 1.807) is 13.2 Å². The molecule has 0 unspecified atom stereocenters. The second-order valence-electron chi connectivity index (χ2n) is 8.16. The molecule has 1 aromatic carbocycles. The van der Waals surface area contributed by atoms with Crippen LogP contribution in [-0.4, -0.2) is 32.1 Å². The smallest absolute Gasteiger partial charge is 0.305 e. The number of methoxy groups -OCH3 is 1. The van der Waals surface area contributed by atoms with Crippen LogP contribution in [0.15, 0.2) is 30.4 Å². The molecule has 0 aliphatic heterocycles. The summed E-state index contributed by atoms with van der Waals surface area (Å²) in [5.41, 5.74) is 1.30. The Morgan fingerprint density at radius 1 is 1.00 bits per heavy atom. The number of hydrogen-bond acceptors (Lipinski definition) is 6. The highest BCUT2D eigenvalue weighted by Gasteiger charge is 2.27. The minimum atomic E-state index is -0.642. The van der Waals surface area contributed by atoms with E-state index >= 15 is 0 Å². The molecule has 0 saturated carbocycles. The van der Waals surface area contributed by atoms with Crippen LogP contribution in [0.2, 0.25) is 0 Å². The fourth-order valence-electron chi connectivity index (χ4n) is 3.32. The van der Waals surface area contributed by atoms with Gasteiger partial charge in [-0.2, -0.15) is 0 Å². The van der Waals surface area contributed by atoms with Crippen LogP contribution in [0.4, 0.5) is 0 Å². The first-order valence-corrected chi connectivity index (χ1v) is 11.7. The lowest BCUT2D eigenvalue weighted by Crippen LogP contribution is -2.23. The van der Waals surface area contributed by atoms with E-state index in [9.17, 15) is 9.59 Å². The Morgan fingerprint density at radius 2 is 1.75 bits per heavy atom. The number of esters is 1. The first kappa shape index (κ1) is 27.9. The summed E-state index contributed by atoms with van der Waals surface area (Å²) in [6.07, 6.45) is 10.0. The second-order valence-corrected chi connectivity index (χ2v) is 8.16. The molecule has 1 aromatic rings. The number of unbranched alkanes of at least 4 members (excludes halogenated alkanes) is 4. The third kappa shape index (κ3) is 10.9. The van der Waals surface area contributed by atoms with Crippen LogP contribution in [0.25, 0.3) is 0 Å². The van der Waals surface area contributed by atoms with Crippen molar-refractivity contribution in [2.45, 2.75) is 84.7 Å². The summed E-state index contributed by atoms with van der Waals surface area (Å²) in [5.74, 6) is 0.723. The molecule has 0 aliphatic rings. The van der Waals surface area contributed by atoms with E-state index in [-0.39, 0.29) is 11.8 Å². The molecule has 0 aliphatic carbocycles. The molecule has 180 valence electrons. The highest BCUT2D eigenvalue weighted by atomic mass is 17.2. The number of ketones is 1. The van der Waals surface area contributed by atoms with Crippen LogP contribution < -0.4 is 4.74 Å². The van der Waals surface area contributed by atoms with Gasteiger partial charge in [-0.05, 0) is 71.1 Å². The van der Waals surface area contributed by atoms with Gasteiger partial charge in [0.05, 0.1) is 20.3 Å². The predicted octanol–water partition coefficient (Wildman–Crippen LogP) is 5.86. The average Bonchev–Trinajstić information content (AvgIpc) is 2.78. The number of allylic oxidation sites excluding steroid dienone is 2. The van der Waals surface area contributed by atoms with Gasteiger partial charge in [0.2, 0.25) is 0 Å². The number of benzene rings is 1. The quantitative estimate of drug-likeness (QED) is 0.0977. The van der Waals surface area contributed by atoms with Crippen LogP contribution in [0.5, 0.6) is 5.75 Å². The van der Waals surface area contributed by atoms with Gasteiger partial charge in [-0.1, -0.05) is 31.1 Å². The largest absolute Gasteiger partial charge is 0.496 e. The van der Waals surface area contributed by atoms with Crippen LogP contribution in [0.3, 0.4) is 0 Å². The Hall–Kier alpha value is -2.18. The van der Waals surface area contributed by atoms with E-state index in [0.717, 1.165) is 49.0 Å². The van der Waals surface area contributed by atoms with Crippen LogP contribution in [0.1, 0.15) is 83.8 Å². The van der Waals surface area contributed by atoms with E-state index in [4.69, 9.17) is 19.2 Å². The molecule has 0 saturated heterocycles. The molecule has 6 heteroatoms. The molecule has 0 amide bonds. The Morgan fingerprint density at radius 3 is 2.44 bits per heavy atom. The molecule has 0 N–H and O–H groups in total. The van der Waals surface area contributed by atoms with Crippen LogP contribution >= 0.6 is 0 Å². The summed E-state index contributed by atoms with van der Waals surface area (Å²) in [6, 6.07) is 5.93. The summed E-state index contributed by atoms with van der Waals surface area (Å²) < 4.78 is 10.5. The van der Waals surface area contributed by atoms with Crippen LogP contribution in [-0.2, 0) is 36.1 Å². The standard InChI is InChI=1S/C26H40O6/c1-6-30-25(28)15-13-11-9-8-10-12-14-22(27)18-16-21-17-19-23(24(20-21)29-5)26(3,4)32-31-7-2/h12,14,17,19-20H,6-11,13,15-16,18H2,1-5H3. The number of carbonyl (C=O) groups excluding carboxylic acids is 2. The number of carbonyl (C=O) groups is 2. The summed E-state index contributed by atoms with van der Waals surface area (Å²) in [6.45, 7) is 8.45. The van der Waals surface area contributed by atoms with E-state index < -0.39 is 5.60 Å². The summed E-state index contributed by atoms with van der Waals surface area (Å²) in [5, 5.41) is 0. The first-order chi connectivity index (χ1) is 15.3. The van der Waals surface area contributed by atoms with Crippen molar-refractivity contribution in [3.63, 3.8) is 0 Å². The summed E-state index contributed by atoms with van der Waals surface area (Å²) in [7, 11) is 1.63. The van der Waals surface area contributed by atoms with Gasteiger partial charge in [-0.25, -0.2) is 9.78 Å². The maximum absolute atomic E-state index is 12.2. The maximum Gasteiger partial charge on any atom is 0.305 e. The number of hydrogen-bond donors (Lipinski definition) is 0. The van der Waals surface area contributed by atoms with Gasteiger partial charge in [0.1, 0.15) is 11.4 Å².